The molecule has 4 rings (SSSR count). The van der Waals surface area contributed by atoms with Gasteiger partial charge >= 0.3 is 11.9 Å². The SMILES string of the molecule is CC(C)(c1ccc(OC(=O)c2ccc(N)cc2)cc1)c1ccc(OC(=O)c2cccc(N)c2)cc1. The van der Waals surface area contributed by atoms with Gasteiger partial charge in [0, 0.05) is 16.8 Å². The maximum absolute atomic E-state index is 12.4. The van der Waals surface area contributed by atoms with Gasteiger partial charge in [-0.05, 0) is 77.9 Å². The van der Waals surface area contributed by atoms with Gasteiger partial charge in [-0.25, -0.2) is 9.59 Å². The van der Waals surface area contributed by atoms with Crippen molar-refractivity contribution in [3.63, 3.8) is 0 Å². The molecule has 0 radical (unpaired) electrons. The zero-order chi connectivity index (χ0) is 25.0. The molecule has 4 aromatic carbocycles. The second-order valence-electron chi connectivity index (χ2n) is 8.70. The van der Waals surface area contributed by atoms with Crippen LogP contribution in [-0.2, 0) is 5.41 Å². The fourth-order valence-corrected chi connectivity index (χ4v) is 3.66. The zero-order valence-corrected chi connectivity index (χ0v) is 19.5. The molecule has 0 fully saturated rings. The first-order valence-corrected chi connectivity index (χ1v) is 11.1. The van der Waals surface area contributed by atoms with Crippen molar-refractivity contribution in [1.82, 2.24) is 0 Å². The van der Waals surface area contributed by atoms with Crippen LogP contribution in [0.4, 0.5) is 11.4 Å². The second kappa shape index (κ2) is 9.73. The summed E-state index contributed by atoms with van der Waals surface area (Å²) < 4.78 is 10.9. The standard InChI is InChI=1S/C29H26N2O4/c1-29(2,21-8-14-25(15-9-21)34-27(32)19-6-12-23(30)13-7-19)22-10-16-26(17-11-22)35-28(33)20-4-3-5-24(31)18-20/h3-18H,30-31H2,1-2H3. The molecule has 0 amide bonds. The molecule has 0 aliphatic carbocycles. The minimum Gasteiger partial charge on any atom is -0.423 e. The number of ether oxygens (including phenoxy) is 2. The zero-order valence-electron chi connectivity index (χ0n) is 19.5. The number of carbonyl (C=O) groups excluding carboxylic acids is 2. The molecule has 6 nitrogen and oxygen atoms in total. The van der Waals surface area contributed by atoms with E-state index in [-0.39, 0.29) is 5.41 Å². The molecule has 0 aliphatic heterocycles. The van der Waals surface area contributed by atoms with E-state index < -0.39 is 11.9 Å². The Kier molecular flexibility index (Phi) is 6.55. The highest BCUT2D eigenvalue weighted by molar-refractivity contribution is 5.92. The van der Waals surface area contributed by atoms with Crippen molar-refractivity contribution in [2.75, 3.05) is 11.5 Å². The van der Waals surface area contributed by atoms with E-state index in [4.69, 9.17) is 20.9 Å². The van der Waals surface area contributed by atoms with E-state index in [1.165, 1.54) is 0 Å². The average molecular weight is 467 g/mol. The Labute approximate surface area is 204 Å². The summed E-state index contributed by atoms with van der Waals surface area (Å²) in [5.41, 5.74) is 15.1. The number of nitrogens with two attached hydrogens (primary N) is 2. The summed E-state index contributed by atoms with van der Waals surface area (Å²) in [6.07, 6.45) is 0. The molecule has 0 unspecified atom stereocenters. The van der Waals surface area contributed by atoms with Crippen molar-refractivity contribution in [2.45, 2.75) is 19.3 Å². The van der Waals surface area contributed by atoms with E-state index >= 15 is 0 Å². The number of hydrogen-bond acceptors (Lipinski definition) is 6. The van der Waals surface area contributed by atoms with Crippen molar-refractivity contribution in [3.05, 3.63) is 119 Å². The molecule has 0 aliphatic rings. The van der Waals surface area contributed by atoms with Gasteiger partial charge in [-0.1, -0.05) is 44.2 Å². The molecular formula is C29H26N2O4. The Morgan fingerprint density at radius 2 is 1.09 bits per heavy atom. The summed E-state index contributed by atoms with van der Waals surface area (Å²) >= 11 is 0. The summed E-state index contributed by atoms with van der Waals surface area (Å²) in [4.78, 5) is 24.7. The summed E-state index contributed by atoms with van der Waals surface area (Å²) in [6, 6.07) is 28.0. The lowest BCUT2D eigenvalue weighted by Crippen LogP contribution is -2.19. The molecule has 176 valence electrons. The van der Waals surface area contributed by atoms with Gasteiger partial charge < -0.3 is 20.9 Å². The highest BCUT2D eigenvalue weighted by Crippen LogP contribution is 2.33. The van der Waals surface area contributed by atoms with E-state index in [2.05, 4.69) is 13.8 Å². The number of rotatable bonds is 6. The third-order valence-electron chi connectivity index (χ3n) is 5.84. The molecular weight excluding hydrogens is 440 g/mol. The highest BCUT2D eigenvalue weighted by Gasteiger charge is 2.23. The van der Waals surface area contributed by atoms with Crippen LogP contribution in [0.15, 0.2) is 97.1 Å². The van der Waals surface area contributed by atoms with Gasteiger partial charge in [0.1, 0.15) is 11.5 Å². The third kappa shape index (κ3) is 5.50. The van der Waals surface area contributed by atoms with Crippen molar-refractivity contribution in [2.24, 2.45) is 0 Å². The Morgan fingerprint density at radius 1 is 0.600 bits per heavy atom. The lowest BCUT2D eigenvalue weighted by atomic mass is 9.78. The van der Waals surface area contributed by atoms with Crippen molar-refractivity contribution in [3.8, 4) is 11.5 Å². The maximum Gasteiger partial charge on any atom is 0.343 e. The number of hydrogen-bond donors (Lipinski definition) is 2. The van der Waals surface area contributed by atoms with Crippen LogP contribution < -0.4 is 20.9 Å². The Balaban J connectivity index is 1.43. The van der Waals surface area contributed by atoms with Gasteiger partial charge in [-0.15, -0.1) is 0 Å². The van der Waals surface area contributed by atoms with Crippen LogP contribution in [0, 0.1) is 0 Å². The fourth-order valence-electron chi connectivity index (χ4n) is 3.66. The average Bonchev–Trinajstić information content (AvgIpc) is 2.85. The van der Waals surface area contributed by atoms with Crippen LogP contribution in [-0.4, -0.2) is 11.9 Å². The largest absolute Gasteiger partial charge is 0.423 e. The number of anilines is 2. The highest BCUT2D eigenvalue weighted by atomic mass is 16.5. The van der Waals surface area contributed by atoms with Gasteiger partial charge in [0.2, 0.25) is 0 Å². The minimum absolute atomic E-state index is 0.337. The van der Waals surface area contributed by atoms with Gasteiger partial charge in [-0.3, -0.25) is 0 Å². The van der Waals surface area contributed by atoms with E-state index in [0.29, 0.717) is 34.0 Å². The van der Waals surface area contributed by atoms with E-state index in [0.717, 1.165) is 11.1 Å². The molecule has 0 heterocycles. The summed E-state index contributed by atoms with van der Waals surface area (Å²) in [5, 5.41) is 0. The molecule has 0 aromatic heterocycles. The van der Waals surface area contributed by atoms with Crippen molar-refractivity contribution >= 4 is 23.3 Å². The maximum atomic E-state index is 12.4. The summed E-state index contributed by atoms with van der Waals surface area (Å²) in [6.45, 7) is 4.19. The van der Waals surface area contributed by atoms with Crippen LogP contribution in [0.3, 0.4) is 0 Å². The fraction of sp³-hybridized carbons (Fsp3) is 0.103. The molecule has 0 saturated heterocycles. The lowest BCUT2D eigenvalue weighted by Gasteiger charge is -2.26. The van der Waals surface area contributed by atoms with E-state index in [9.17, 15) is 9.59 Å². The first-order chi connectivity index (χ1) is 16.7. The number of nitrogen functional groups attached to an aromatic ring is 2. The van der Waals surface area contributed by atoms with E-state index in [1.807, 2.05) is 24.3 Å². The minimum atomic E-state index is -0.464. The Hall–Kier alpha value is -4.58. The molecule has 0 atom stereocenters. The topological polar surface area (TPSA) is 105 Å². The molecule has 0 bridgehead atoms. The van der Waals surface area contributed by atoms with Crippen LogP contribution >= 0.6 is 0 Å². The van der Waals surface area contributed by atoms with Gasteiger partial charge in [-0.2, -0.15) is 0 Å². The predicted octanol–water partition coefficient (Wildman–Crippen LogP) is 5.62. The molecule has 35 heavy (non-hydrogen) atoms. The number of benzene rings is 4. The third-order valence-corrected chi connectivity index (χ3v) is 5.84. The van der Waals surface area contributed by atoms with Crippen LogP contribution in [0.2, 0.25) is 0 Å². The van der Waals surface area contributed by atoms with Gasteiger partial charge in [0.25, 0.3) is 0 Å². The van der Waals surface area contributed by atoms with Crippen LogP contribution in [0.25, 0.3) is 0 Å². The normalized spacial score (nSPS) is 11.0. The van der Waals surface area contributed by atoms with Gasteiger partial charge in [0.15, 0.2) is 0 Å². The quantitative estimate of drug-likeness (QED) is 0.217. The monoisotopic (exact) mass is 466 g/mol. The van der Waals surface area contributed by atoms with E-state index in [1.54, 1.807) is 72.8 Å². The molecule has 4 aromatic rings. The van der Waals surface area contributed by atoms with Crippen LogP contribution in [0.5, 0.6) is 11.5 Å². The van der Waals surface area contributed by atoms with Crippen LogP contribution in [0.1, 0.15) is 45.7 Å². The summed E-state index contributed by atoms with van der Waals surface area (Å²) in [5.74, 6) is -0.00848. The Bertz CT molecular complexity index is 1340. The van der Waals surface area contributed by atoms with Gasteiger partial charge in [0.05, 0.1) is 11.1 Å². The van der Waals surface area contributed by atoms with Crippen molar-refractivity contribution < 1.29 is 19.1 Å². The number of esters is 2. The number of carbonyl (C=O) groups is 2. The first-order valence-electron chi connectivity index (χ1n) is 11.1. The Morgan fingerprint density at radius 3 is 1.57 bits per heavy atom. The molecule has 0 spiro atoms. The lowest BCUT2D eigenvalue weighted by molar-refractivity contribution is 0.0725. The predicted molar refractivity (Wildman–Crippen MR) is 137 cm³/mol. The molecule has 6 heteroatoms. The molecule has 0 saturated carbocycles. The summed E-state index contributed by atoms with van der Waals surface area (Å²) in [7, 11) is 0. The first kappa shape index (κ1) is 23.6. The molecule has 4 N–H and O–H groups in total. The smallest absolute Gasteiger partial charge is 0.343 e. The second-order valence-corrected chi connectivity index (χ2v) is 8.70. The van der Waals surface area contributed by atoms with Crippen molar-refractivity contribution in [1.29, 1.82) is 0 Å².